The van der Waals surface area contributed by atoms with Gasteiger partial charge in [-0.05, 0) is 61.9 Å². The number of hydrogen-bond donors (Lipinski definition) is 1. The Labute approximate surface area is 166 Å². The summed E-state index contributed by atoms with van der Waals surface area (Å²) in [5, 5.41) is 3.70. The molecule has 146 valence electrons. The lowest BCUT2D eigenvalue weighted by Crippen LogP contribution is -2.36. The quantitative estimate of drug-likeness (QED) is 0.740. The maximum absolute atomic E-state index is 12.4. The lowest BCUT2D eigenvalue weighted by atomic mass is 10.1. The van der Waals surface area contributed by atoms with E-state index in [1.54, 1.807) is 14.2 Å². The molecule has 0 bridgehead atoms. The molecule has 27 heavy (non-hydrogen) atoms. The summed E-state index contributed by atoms with van der Waals surface area (Å²) in [4.78, 5) is 14.3. The van der Waals surface area contributed by atoms with E-state index < -0.39 is 0 Å². The number of rotatable bonds is 8. The van der Waals surface area contributed by atoms with Gasteiger partial charge < -0.3 is 14.8 Å². The van der Waals surface area contributed by atoms with Crippen molar-refractivity contribution in [1.29, 1.82) is 0 Å². The van der Waals surface area contributed by atoms with Crippen LogP contribution in [0, 0.1) is 6.92 Å². The lowest BCUT2D eigenvalue weighted by Gasteiger charge is -2.21. The van der Waals surface area contributed by atoms with Crippen LogP contribution < -0.4 is 14.8 Å². The second-order valence-corrected chi connectivity index (χ2v) is 7.08. The van der Waals surface area contributed by atoms with Gasteiger partial charge in [-0.2, -0.15) is 0 Å². The molecule has 0 heterocycles. The minimum absolute atomic E-state index is 0.0296. The summed E-state index contributed by atoms with van der Waals surface area (Å²) < 4.78 is 10.7. The third kappa shape index (κ3) is 5.88. The Hall–Kier alpha value is -2.24. The Morgan fingerprint density at radius 3 is 2.33 bits per heavy atom. The topological polar surface area (TPSA) is 50.8 Å². The van der Waals surface area contributed by atoms with E-state index in [4.69, 9.17) is 21.1 Å². The van der Waals surface area contributed by atoms with Crippen molar-refractivity contribution in [3.8, 4) is 11.5 Å². The maximum Gasteiger partial charge on any atom is 0.234 e. The highest BCUT2D eigenvalue weighted by Crippen LogP contribution is 2.30. The van der Waals surface area contributed by atoms with Gasteiger partial charge in [-0.3, -0.25) is 9.69 Å². The van der Waals surface area contributed by atoms with E-state index in [0.29, 0.717) is 29.6 Å². The first-order valence-corrected chi connectivity index (χ1v) is 9.16. The number of aryl methyl sites for hydroxylation is 1. The number of hydrogen-bond acceptors (Lipinski definition) is 4. The van der Waals surface area contributed by atoms with Crippen molar-refractivity contribution in [3.05, 3.63) is 58.1 Å². The molecule has 2 aromatic carbocycles. The Kier molecular flexibility index (Phi) is 7.51. The highest BCUT2D eigenvalue weighted by Gasteiger charge is 2.14. The van der Waals surface area contributed by atoms with Crippen molar-refractivity contribution in [2.75, 3.05) is 27.8 Å². The van der Waals surface area contributed by atoms with Crippen LogP contribution in [0.25, 0.3) is 0 Å². The second-order valence-electron chi connectivity index (χ2n) is 6.65. The first kappa shape index (κ1) is 21.1. The van der Waals surface area contributed by atoms with E-state index in [0.717, 1.165) is 16.7 Å². The number of ether oxygens (including phenoxy) is 2. The molecular formula is C21H27ClN2O3. The van der Waals surface area contributed by atoms with Gasteiger partial charge in [0.1, 0.15) is 0 Å². The molecule has 2 rings (SSSR count). The zero-order valence-corrected chi connectivity index (χ0v) is 17.3. The van der Waals surface area contributed by atoms with Gasteiger partial charge in [-0.15, -0.1) is 0 Å². The molecule has 5 nitrogen and oxygen atoms in total. The van der Waals surface area contributed by atoms with Gasteiger partial charge in [-0.1, -0.05) is 23.7 Å². The fourth-order valence-corrected chi connectivity index (χ4v) is 3.03. The van der Waals surface area contributed by atoms with E-state index >= 15 is 0 Å². The van der Waals surface area contributed by atoms with Crippen LogP contribution >= 0.6 is 11.6 Å². The highest BCUT2D eigenvalue weighted by molar-refractivity contribution is 6.30. The molecule has 0 aliphatic rings. The molecule has 1 N–H and O–H groups in total. The van der Waals surface area contributed by atoms with Crippen LogP contribution in [0.5, 0.6) is 11.5 Å². The van der Waals surface area contributed by atoms with Crippen LogP contribution in [0.2, 0.25) is 5.02 Å². The predicted molar refractivity (Wildman–Crippen MR) is 109 cm³/mol. The molecule has 2 aromatic rings. The lowest BCUT2D eigenvalue weighted by molar-refractivity contribution is -0.122. The average Bonchev–Trinajstić information content (AvgIpc) is 2.63. The van der Waals surface area contributed by atoms with Crippen molar-refractivity contribution < 1.29 is 14.3 Å². The molecule has 0 fully saturated rings. The van der Waals surface area contributed by atoms with Crippen molar-refractivity contribution in [2.24, 2.45) is 0 Å². The summed E-state index contributed by atoms with van der Waals surface area (Å²) >= 11 is 5.91. The van der Waals surface area contributed by atoms with E-state index in [9.17, 15) is 4.79 Å². The van der Waals surface area contributed by atoms with E-state index in [1.165, 1.54) is 0 Å². The van der Waals surface area contributed by atoms with Crippen LogP contribution in [0.4, 0.5) is 0 Å². The monoisotopic (exact) mass is 390 g/mol. The number of likely N-dealkylation sites (N-methyl/N-ethyl adjacent to an activating group) is 1. The average molecular weight is 391 g/mol. The van der Waals surface area contributed by atoms with Crippen molar-refractivity contribution in [1.82, 2.24) is 10.2 Å². The summed E-state index contributed by atoms with van der Waals surface area (Å²) in [6, 6.07) is 11.3. The third-order valence-corrected chi connectivity index (χ3v) is 4.70. The van der Waals surface area contributed by atoms with Crippen LogP contribution in [-0.2, 0) is 11.3 Å². The van der Waals surface area contributed by atoms with E-state index in [1.807, 2.05) is 62.2 Å². The van der Waals surface area contributed by atoms with Crippen molar-refractivity contribution >= 4 is 17.5 Å². The fraction of sp³-hybridized carbons (Fsp3) is 0.381. The van der Waals surface area contributed by atoms with Gasteiger partial charge in [0.25, 0.3) is 0 Å². The Balaban J connectivity index is 1.95. The van der Waals surface area contributed by atoms with Gasteiger partial charge >= 0.3 is 0 Å². The summed E-state index contributed by atoms with van der Waals surface area (Å²) in [6.45, 7) is 4.91. The standard InChI is InChI=1S/C21H27ClN2O3/c1-14-10-19(26-4)20(27-5)11-17(14)12-24(3)13-21(25)23-15(2)16-6-8-18(22)9-7-16/h6-11,15H,12-13H2,1-5H3,(H,23,25)/t15-/m0/s1. The number of nitrogens with one attached hydrogen (secondary N) is 1. The first-order chi connectivity index (χ1) is 12.8. The SMILES string of the molecule is COc1cc(C)c(CN(C)CC(=O)N[C@@H](C)c2ccc(Cl)cc2)cc1OC. The largest absolute Gasteiger partial charge is 0.493 e. The summed E-state index contributed by atoms with van der Waals surface area (Å²) in [7, 11) is 5.16. The fourth-order valence-electron chi connectivity index (χ4n) is 2.91. The van der Waals surface area contributed by atoms with Crippen molar-refractivity contribution in [2.45, 2.75) is 26.4 Å². The normalized spacial score (nSPS) is 12.0. The van der Waals surface area contributed by atoms with Gasteiger partial charge in [0.2, 0.25) is 5.91 Å². The summed E-state index contributed by atoms with van der Waals surface area (Å²) in [5.41, 5.74) is 3.20. The summed E-state index contributed by atoms with van der Waals surface area (Å²) in [6.07, 6.45) is 0. The van der Waals surface area contributed by atoms with Crippen molar-refractivity contribution in [3.63, 3.8) is 0 Å². The number of methoxy groups -OCH3 is 2. The van der Waals surface area contributed by atoms with Crippen LogP contribution in [0.15, 0.2) is 36.4 Å². The van der Waals surface area contributed by atoms with E-state index in [-0.39, 0.29) is 11.9 Å². The Bertz CT molecular complexity index is 778. The summed E-state index contributed by atoms with van der Waals surface area (Å²) in [5.74, 6) is 1.36. The zero-order valence-electron chi connectivity index (χ0n) is 16.5. The molecule has 1 amide bonds. The number of carbonyl (C=O) groups excluding carboxylic acids is 1. The molecule has 0 aliphatic heterocycles. The molecule has 0 radical (unpaired) electrons. The van der Waals surface area contributed by atoms with Gasteiger partial charge in [-0.25, -0.2) is 0 Å². The Morgan fingerprint density at radius 1 is 1.15 bits per heavy atom. The number of benzene rings is 2. The highest BCUT2D eigenvalue weighted by atomic mass is 35.5. The molecule has 0 saturated heterocycles. The molecule has 0 aliphatic carbocycles. The minimum atomic E-state index is -0.0778. The minimum Gasteiger partial charge on any atom is -0.493 e. The van der Waals surface area contributed by atoms with Crippen LogP contribution in [0.3, 0.4) is 0 Å². The predicted octanol–water partition coefficient (Wildman–Crippen LogP) is 3.97. The zero-order chi connectivity index (χ0) is 20.0. The number of amides is 1. The van der Waals surface area contributed by atoms with E-state index in [2.05, 4.69) is 5.32 Å². The molecule has 0 spiro atoms. The smallest absolute Gasteiger partial charge is 0.234 e. The third-order valence-electron chi connectivity index (χ3n) is 4.44. The molecule has 0 saturated carbocycles. The van der Waals surface area contributed by atoms with Gasteiger partial charge in [0, 0.05) is 11.6 Å². The van der Waals surface area contributed by atoms with Crippen LogP contribution in [-0.4, -0.2) is 38.6 Å². The van der Waals surface area contributed by atoms with Gasteiger partial charge in [0.15, 0.2) is 11.5 Å². The Morgan fingerprint density at radius 2 is 1.74 bits per heavy atom. The molecule has 0 unspecified atom stereocenters. The van der Waals surface area contributed by atoms with Gasteiger partial charge in [0.05, 0.1) is 26.8 Å². The first-order valence-electron chi connectivity index (χ1n) is 8.79. The number of carbonyl (C=O) groups is 1. The number of halogens is 1. The molecule has 1 atom stereocenters. The molecule has 6 heteroatoms. The van der Waals surface area contributed by atoms with Crippen LogP contribution in [0.1, 0.15) is 29.7 Å². The second kappa shape index (κ2) is 9.62. The molecule has 0 aromatic heterocycles. The maximum atomic E-state index is 12.4. The number of nitrogens with zero attached hydrogens (tertiary/aromatic N) is 1. The molecular weight excluding hydrogens is 364 g/mol.